The smallest absolute Gasteiger partial charge is 0.163 e. The molecular formula is C26H28ClNO. The minimum absolute atomic E-state index is 0.245. The van der Waals surface area contributed by atoms with Crippen LogP contribution in [0.1, 0.15) is 67.3 Å². The molecule has 1 aromatic heterocycles. The molecule has 0 aliphatic heterocycles. The molecule has 1 saturated carbocycles. The predicted molar refractivity (Wildman–Crippen MR) is 121 cm³/mol. The largest absolute Gasteiger partial charge is 0.294 e. The third-order valence-corrected chi connectivity index (χ3v) is 6.91. The van der Waals surface area contributed by atoms with E-state index in [1.54, 1.807) is 12.1 Å². The van der Waals surface area contributed by atoms with Gasteiger partial charge in [0.15, 0.2) is 5.78 Å². The number of nitrogens with zero attached hydrogens (tertiary/aromatic N) is 1. The molecule has 1 aliphatic rings. The van der Waals surface area contributed by atoms with Crippen LogP contribution in [0.5, 0.6) is 0 Å². The Balaban J connectivity index is 1.38. The Morgan fingerprint density at radius 3 is 2.52 bits per heavy atom. The molecule has 3 heteroatoms. The number of rotatable bonds is 6. The molecule has 0 spiro atoms. The van der Waals surface area contributed by atoms with Gasteiger partial charge in [-0.3, -0.25) is 9.78 Å². The van der Waals surface area contributed by atoms with Gasteiger partial charge in [-0.15, -0.1) is 0 Å². The van der Waals surface area contributed by atoms with Crippen LogP contribution in [0.25, 0.3) is 10.9 Å². The maximum Gasteiger partial charge on any atom is 0.163 e. The van der Waals surface area contributed by atoms with Gasteiger partial charge >= 0.3 is 0 Å². The maximum atomic E-state index is 12.7. The Labute approximate surface area is 178 Å². The Morgan fingerprint density at radius 2 is 1.79 bits per heavy atom. The Kier molecular flexibility index (Phi) is 6.30. The van der Waals surface area contributed by atoms with Gasteiger partial charge < -0.3 is 0 Å². The van der Waals surface area contributed by atoms with Crippen molar-refractivity contribution >= 4 is 28.3 Å². The predicted octanol–water partition coefficient (Wildman–Crippen LogP) is 7.46. The van der Waals surface area contributed by atoms with Crippen LogP contribution in [0.3, 0.4) is 0 Å². The van der Waals surface area contributed by atoms with Gasteiger partial charge in [-0.25, -0.2) is 0 Å². The molecule has 1 fully saturated rings. The van der Waals surface area contributed by atoms with Crippen LogP contribution in [-0.2, 0) is 0 Å². The number of halogens is 1. The lowest BCUT2D eigenvalue weighted by Crippen LogP contribution is -2.23. The molecule has 0 radical (unpaired) electrons. The highest BCUT2D eigenvalue weighted by molar-refractivity contribution is 6.30. The van der Waals surface area contributed by atoms with Gasteiger partial charge in [-0.2, -0.15) is 0 Å². The number of Topliss-reactive ketones (excluding diaryl/α,β-unsaturated/α-hetero) is 1. The van der Waals surface area contributed by atoms with Crippen LogP contribution in [0, 0.1) is 11.8 Å². The number of carbonyl (C=O) groups is 1. The van der Waals surface area contributed by atoms with Crippen LogP contribution >= 0.6 is 11.6 Å². The molecule has 1 heterocycles. The van der Waals surface area contributed by atoms with E-state index in [0.717, 1.165) is 17.5 Å². The molecule has 2 nitrogen and oxygen atoms in total. The summed E-state index contributed by atoms with van der Waals surface area (Å²) in [6.45, 7) is 2.22. The highest BCUT2D eigenvalue weighted by Gasteiger charge is 2.29. The number of aromatic nitrogens is 1. The molecule has 29 heavy (non-hydrogen) atoms. The average Bonchev–Trinajstić information content (AvgIpc) is 2.77. The minimum Gasteiger partial charge on any atom is -0.294 e. The highest BCUT2D eigenvalue weighted by atomic mass is 35.5. The van der Waals surface area contributed by atoms with Gasteiger partial charge in [-0.1, -0.05) is 43.1 Å². The number of fused-ring (bicyclic) bond motifs is 1. The summed E-state index contributed by atoms with van der Waals surface area (Å²) in [5.74, 6) is 1.94. The summed E-state index contributed by atoms with van der Waals surface area (Å²) in [4.78, 5) is 17.4. The zero-order valence-corrected chi connectivity index (χ0v) is 17.7. The number of benzene rings is 2. The second-order valence-electron chi connectivity index (χ2n) is 8.38. The fraction of sp³-hybridized carbons (Fsp3) is 0.385. The zero-order chi connectivity index (χ0) is 20.2. The normalized spacial score (nSPS) is 20.5. The van der Waals surface area contributed by atoms with Gasteiger partial charge in [0.05, 0.1) is 5.52 Å². The lowest BCUT2D eigenvalue weighted by atomic mass is 9.72. The summed E-state index contributed by atoms with van der Waals surface area (Å²) in [6, 6.07) is 17.9. The third-order valence-electron chi connectivity index (χ3n) is 6.66. The summed E-state index contributed by atoms with van der Waals surface area (Å²) < 4.78 is 0. The topological polar surface area (TPSA) is 30.0 Å². The molecule has 2 aromatic carbocycles. The van der Waals surface area contributed by atoms with Crippen molar-refractivity contribution in [2.45, 2.75) is 51.4 Å². The van der Waals surface area contributed by atoms with Gasteiger partial charge in [0.1, 0.15) is 0 Å². The molecule has 0 saturated heterocycles. The van der Waals surface area contributed by atoms with Gasteiger partial charge in [-0.05, 0) is 85.4 Å². The standard InChI is InChI=1S/C26H28ClNO/c1-2-18(16-26(29)21-11-13-24(27)14-12-21)19-7-9-20(10-8-19)23-15-22-5-3-4-6-25(22)28-17-23/h3-6,11-15,17-20H,2,7-10,16H2,1H3/t18-,19?,20?/m1/s1. The second kappa shape index (κ2) is 9.09. The molecule has 0 amide bonds. The third kappa shape index (κ3) is 4.70. The molecule has 4 rings (SSSR count). The molecule has 1 atom stereocenters. The molecule has 0 N–H and O–H groups in total. The molecule has 150 valence electrons. The van der Waals surface area contributed by atoms with Gasteiger partial charge in [0.25, 0.3) is 0 Å². The maximum absolute atomic E-state index is 12.7. The SMILES string of the molecule is CC[C@H](CC(=O)c1ccc(Cl)cc1)C1CCC(c2cnc3ccccc3c2)CC1. The first-order valence-electron chi connectivity index (χ1n) is 10.8. The lowest BCUT2D eigenvalue weighted by molar-refractivity contribution is 0.0926. The number of para-hydroxylation sites is 1. The van der Waals surface area contributed by atoms with E-state index in [0.29, 0.717) is 29.2 Å². The van der Waals surface area contributed by atoms with Crippen molar-refractivity contribution in [1.29, 1.82) is 0 Å². The highest BCUT2D eigenvalue weighted by Crippen LogP contribution is 2.41. The van der Waals surface area contributed by atoms with Gasteiger partial charge in [0, 0.05) is 28.6 Å². The summed E-state index contributed by atoms with van der Waals surface area (Å²) in [5, 5.41) is 1.90. The summed E-state index contributed by atoms with van der Waals surface area (Å²) in [6.07, 6.45) is 8.55. The Hall–Kier alpha value is -2.19. The van der Waals surface area contributed by atoms with Crippen LogP contribution in [0.2, 0.25) is 5.02 Å². The van der Waals surface area contributed by atoms with Crippen molar-refractivity contribution in [3.63, 3.8) is 0 Å². The molecule has 0 unspecified atom stereocenters. The molecule has 3 aromatic rings. The van der Waals surface area contributed by atoms with Crippen molar-refractivity contribution in [1.82, 2.24) is 4.98 Å². The first-order valence-corrected chi connectivity index (χ1v) is 11.1. The monoisotopic (exact) mass is 405 g/mol. The second-order valence-corrected chi connectivity index (χ2v) is 8.81. The summed E-state index contributed by atoms with van der Waals surface area (Å²) >= 11 is 5.95. The van der Waals surface area contributed by atoms with E-state index in [4.69, 9.17) is 11.6 Å². The first kappa shape index (κ1) is 20.1. The van der Waals surface area contributed by atoms with Gasteiger partial charge in [0.2, 0.25) is 0 Å². The number of hydrogen-bond acceptors (Lipinski definition) is 2. The number of hydrogen-bond donors (Lipinski definition) is 0. The Morgan fingerprint density at radius 1 is 1.07 bits per heavy atom. The van der Waals surface area contributed by atoms with Crippen molar-refractivity contribution in [3.05, 3.63) is 76.9 Å². The quantitative estimate of drug-likeness (QED) is 0.398. The summed E-state index contributed by atoms with van der Waals surface area (Å²) in [7, 11) is 0. The molecular weight excluding hydrogens is 378 g/mol. The lowest BCUT2D eigenvalue weighted by Gasteiger charge is -2.33. The van der Waals surface area contributed by atoms with Crippen LogP contribution in [-0.4, -0.2) is 10.8 Å². The van der Waals surface area contributed by atoms with E-state index < -0.39 is 0 Å². The van der Waals surface area contributed by atoms with E-state index in [9.17, 15) is 4.79 Å². The fourth-order valence-electron chi connectivity index (χ4n) is 4.87. The fourth-order valence-corrected chi connectivity index (χ4v) is 5.00. The first-order chi connectivity index (χ1) is 14.1. The van der Waals surface area contributed by atoms with Crippen molar-refractivity contribution in [2.24, 2.45) is 11.8 Å². The van der Waals surface area contributed by atoms with E-state index >= 15 is 0 Å². The molecule has 1 aliphatic carbocycles. The van der Waals surface area contributed by atoms with E-state index in [2.05, 4.69) is 42.4 Å². The van der Waals surface area contributed by atoms with E-state index in [1.165, 1.54) is 36.6 Å². The zero-order valence-electron chi connectivity index (χ0n) is 17.0. The van der Waals surface area contributed by atoms with Crippen molar-refractivity contribution in [2.75, 3.05) is 0 Å². The number of carbonyl (C=O) groups excluding carboxylic acids is 1. The van der Waals surface area contributed by atoms with Crippen LogP contribution in [0.15, 0.2) is 60.8 Å². The van der Waals surface area contributed by atoms with Crippen molar-refractivity contribution < 1.29 is 4.79 Å². The van der Waals surface area contributed by atoms with Crippen molar-refractivity contribution in [3.8, 4) is 0 Å². The Bertz CT molecular complexity index is 973. The number of ketones is 1. The number of pyridine rings is 1. The minimum atomic E-state index is 0.245. The summed E-state index contributed by atoms with van der Waals surface area (Å²) in [5.41, 5.74) is 3.22. The van der Waals surface area contributed by atoms with E-state index in [1.807, 2.05) is 18.2 Å². The van der Waals surface area contributed by atoms with Crippen LogP contribution in [0.4, 0.5) is 0 Å². The van der Waals surface area contributed by atoms with E-state index in [-0.39, 0.29) is 5.78 Å². The molecule has 0 bridgehead atoms. The average molecular weight is 406 g/mol. The van der Waals surface area contributed by atoms with Crippen LogP contribution < -0.4 is 0 Å².